The predicted molar refractivity (Wildman–Crippen MR) is 114 cm³/mol. The minimum absolute atomic E-state index is 0.220. The number of aromatic nitrogens is 2. The van der Waals surface area contributed by atoms with Crippen molar-refractivity contribution in [3.05, 3.63) is 87.9 Å². The largest absolute Gasteiger partial charge is 0.494 e. The Balaban J connectivity index is 1.56. The van der Waals surface area contributed by atoms with E-state index in [9.17, 15) is 9.59 Å². The molecule has 0 saturated carbocycles. The van der Waals surface area contributed by atoms with Crippen molar-refractivity contribution >= 4 is 22.7 Å². The highest BCUT2D eigenvalue weighted by molar-refractivity contribution is 6.11. The summed E-state index contributed by atoms with van der Waals surface area (Å²) in [6.45, 7) is 4.98. The van der Waals surface area contributed by atoms with E-state index in [1.54, 1.807) is 35.1 Å². The van der Waals surface area contributed by atoms with Gasteiger partial charge in [0.2, 0.25) is 0 Å². The van der Waals surface area contributed by atoms with Crippen LogP contribution in [0, 0.1) is 6.92 Å². The number of nitrogens with zero attached hydrogens (tertiary/aromatic N) is 2. The summed E-state index contributed by atoms with van der Waals surface area (Å²) in [6, 6.07) is 16.1. The van der Waals surface area contributed by atoms with Crippen LogP contribution in [-0.4, -0.2) is 22.3 Å². The van der Waals surface area contributed by atoms with Crippen molar-refractivity contribution in [2.75, 3.05) is 11.9 Å². The van der Waals surface area contributed by atoms with E-state index in [4.69, 9.17) is 9.15 Å². The topological polar surface area (TPSA) is 86.4 Å². The smallest absolute Gasteiger partial charge is 0.337 e. The molecule has 0 unspecified atom stereocenters. The molecule has 0 bridgehead atoms. The summed E-state index contributed by atoms with van der Waals surface area (Å²) < 4.78 is 12.4. The van der Waals surface area contributed by atoms with Crippen LogP contribution in [0.5, 0.6) is 5.75 Å². The SMILES string of the molecule is CCOc1ccc2c(C(=O)Nc3ccn(Cc4cccc(C)c4)n3)cc(=O)oc2c1. The van der Waals surface area contributed by atoms with E-state index in [-0.39, 0.29) is 5.56 Å². The standard InChI is InChI=1S/C23H21N3O4/c1-3-29-17-7-8-18-19(13-22(27)30-20(18)12-17)23(28)24-21-9-10-26(25-21)14-16-6-4-5-15(2)11-16/h4-13H,3,14H2,1-2H3,(H,24,25,28). The molecule has 0 spiro atoms. The number of hydrogen-bond acceptors (Lipinski definition) is 5. The summed E-state index contributed by atoms with van der Waals surface area (Å²) in [5, 5.41) is 7.68. The number of carbonyl (C=O) groups excluding carboxylic acids is 1. The van der Waals surface area contributed by atoms with Gasteiger partial charge in [-0.1, -0.05) is 29.8 Å². The van der Waals surface area contributed by atoms with Crippen LogP contribution >= 0.6 is 0 Å². The van der Waals surface area contributed by atoms with Crippen molar-refractivity contribution in [2.24, 2.45) is 0 Å². The lowest BCUT2D eigenvalue weighted by molar-refractivity contribution is 0.102. The fourth-order valence-electron chi connectivity index (χ4n) is 3.28. The van der Waals surface area contributed by atoms with Crippen LogP contribution in [0.15, 0.2) is 70.0 Å². The van der Waals surface area contributed by atoms with E-state index in [0.29, 0.717) is 35.7 Å². The summed E-state index contributed by atoms with van der Waals surface area (Å²) in [6.07, 6.45) is 1.80. The molecule has 0 saturated heterocycles. The Morgan fingerprint density at radius 2 is 2.03 bits per heavy atom. The third-order valence-electron chi connectivity index (χ3n) is 4.58. The fraction of sp³-hybridized carbons (Fsp3) is 0.174. The molecule has 7 heteroatoms. The molecule has 0 atom stereocenters. The van der Waals surface area contributed by atoms with Crippen LogP contribution in [0.1, 0.15) is 28.4 Å². The molecule has 2 aromatic heterocycles. The lowest BCUT2D eigenvalue weighted by Crippen LogP contribution is -2.16. The molecule has 30 heavy (non-hydrogen) atoms. The van der Waals surface area contributed by atoms with Gasteiger partial charge in [0.15, 0.2) is 5.82 Å². The van der Waals surface area contributed by atoms with Gasteiger partial charge in [0.25, 0.3) is 5.91 Å². The van der Waals surface area contributed by atoms with Gasteiger partial charge in [0.05, 0.1) is 18.7 Å². The molecule has 4 aromatic rings. The first-order valence-corrected chi connectivity index (χ1v) is 9.63. The molecule has 0 aliphatic carbocycles. The molecular weight excluding hydrogens is 382 g/mol. The zero-order valence-corrected chi connectivity index (χ0v) is 16.7. The van der Waals surface area contributed by atoms with Gasteiger partial charge in [-0.2, -0.15) is 5.10 Å². The van der Waals surface area contributed by atoms with E-state index in [1.807, 2.05) is 32.0 Å². The molecule has 2 aromatic carbocycles. The molecule has 7 nitrogen and oxygen atoms in total. The number of fused-ring (bicyclic) bond motifs is 1. The predicted octanol–water partition coefficient (Wildman–Crippen LogP) is 4.00. The van der Waals surface area contributed by atoms with E-state index in [2.05, 4.69) is 16.5 Å². The number of amides is 1. The molecule has 4 rings (SSSR count). The number of aryl methyl sites for hydroxylation is 1. The van der Waals surface area contributed by atoms with Gasteiger partial charge >= 0.3 is 5.63 Å². The normalized spacial score (nSPS) is 10.9. The van der Waals surface area contributed by atoms with Crippen LogP contribution < -0.4 is 15.7 Å². The van der Waals surface area contributed by atoms with Crippen LogP contribution in [0.3, 0.4) is 0 Å². The number of carbonyl (C=O) groups is 1. The minimum Gasteiger partial charge on any atom is -0.494 e. The third kappa shape index (κ3) is 4.25. The second-order valence-corrected chi connectivity index (χ2v) is 6.91. The maximum absolute atomic E-state index is 12.8. The number of rotatable bonds is 6. The van der Waals surface area contributed by atoms with Crippen molar-refractivity contribution < 1.29 is 13.9 Å². The first-order chi connectivity index (χ1) is 14.5. The first-order valence-electron chi connectivity index (χ1n) is 9.63. The van der Waals surface area contributed by atoms with Gasteiger partial charge in [-0.05, 0) is 31.5 Å². The number of nitrogens with one attached hydrogen (secondary N) is 1. The van der Waals surface area contributed by atoms with Crippen molar-refractivity contribution in [1.82, 2.24) is 9.78 Å². The molecule has 1 N–H and O–H groups in total. The fourth-order valence-corrected chi connectivity index (χ4v) is 3.28. The average molecular weight is 403 g/mol. The Hall–Kier alpha value is -3.87. The molecule has 2 heterocycles. The first kappa shape index (κ1) is 19.4. The number of anilines is 1. The quantitative estimate of drug-likeness (QED) is 0.492. The summed E-state index contributed by atoms with van der Waals surface area (Å²) in [5.74, 6) is 0.540. The third-order valence-corrected chi connectivity index (χ3v) is 4.58. The van der Waals surface area contributed by atoms with E-state index in [0.717, 1.165) is 5.56 Å². The number of benzene rings is 2. The zero-order chi connectivity index (χ0) is 21.1. The highest BCUT2D eigenvalue weighted by Gasteiger charge is 2.15. The minimum atomic E-state index is -0.605. The number of ether oxygens (including phenoxy) is 1. The summed E-state index contributed by atoms with van der Waals surface area (Å²) in [7, 11) is 0. The lowest BCUT2D eigenvalue weighted by Gasteiger charge is -2.08. The average Bonchev–Trinajstić information content (AvgIpc) is 3.14. The molecule has 152 valence electrons. The summed E-state index contributed by atoms with van der Waals surface area (Å²) in [5.41, 5.74) is 2.20. The Morgan fingerprint density at radius 3 is 2.83 bits per heavy atom. The second kappa shape index (κ2) is 8.24. The molecule has 1 amide bonds. The highest BCUT2D eigenvalue weighted by Crippen LogP contribution is 2.23. The van der Waals surface area contributed by atoms with Crippen molar-refractivity contribution in [2.45, 2.75) is 20.4 Å². The maximum atomic E-state index is 12.8. The Labute approximate surface area is 172 Å². The van der Waals surface area contributed by atoms with E-state index < -0.39 is 11.5 Å². The van der Waals surface area contributed by atoms with Gasteiger partial charge in [-0.3, -0.25) is 9.48 Å². The van der Waals surface area contributed by atoms with Crippen LogP contribution in [0.4, 0.5) is 5.82 Å². The summed E-state index contributed by atoms with van der Waals surface area (Å²) >= 11 is 0. The van der Waals surface area contributed by atoms with Crippen LogP contribution in [-0.2, 0) is 6.54 Å². The molecule has 0 radical (unpaired) electrons. The van der Waals surface area contributed by atoms with Gasteiger partial charge in [-0.25, -0.2) is 4.79 Å². The van der Waals surface area contributed by atoms with E-state index >= 15 is 0 Å². The van der Waals surface area contributed by atoms with Crippen LogP contribution in [0.25, 0.3) is 11.0 Å². The van der Waals surface area contributed by atoms with Crippen LogP contribution in [0.2, 0.25) is 0 Å². The second-order valence-electron chi connectivity index (χ2n) is 6.91. The van der Waals surface area contributed by atoms with Crippen molar-refractivity contribution in [1.29, 1.82) is 0 Å². The zero-order valence-electron chi connectivity index (χ0n) is 16.7. The molecule has 0 aliphatic heterocycles. The van der Waals surface area contributed by atoms with Gasteiger partial charge in [0, 0.05) is 29.8 Å². The van der Waals surface area contributed by atoms with Gasteiger partial charge in [-0.15, -0.1) is 0 Å². The highest BCUT2D eigenvalue weighted by atomic mass is 16.5. The Bertz CT molecular complexity index is 1270. The summed E-state index contributed by atoms with van der Waals surface area (Å²) in [4.78, 5) is 24.8. The maximum Gasteiger partial charge on any atom is 0.337 e. The lowest BCUT2D eigenvalue weighted by atomic mass is 10.1. The molecule has 0 aliphatic rings. The number of hydrogen-bond donors (Lipinski definition) is 1. The molecular formula is C23H21N3O4. The Kier molecular flexibility index (Phi) is 5.34. The van der Waals surface area contributed by atoms with Gasteiger partial charge < -0.3 is 14.5 Å². The molecule has 0 fully saturated rings. The van der Waals surface area contributed by atoms with E-state index in [1.165, 1.54) is 11.6 Å². The van der Waals surface area contributed by atoms with Crippen molar-refractivity contribution in [3.63, 3.8) is 0 Å². The van der Waals surface area contributed by atoms with Crippen molar-refractivity contribution in [3.8, 4) is 5.75 Å². The monoisotopic (exact) mass is 403 g/mol. The Morgan fingerprint density at radius 1 is 1.17 bits per heavy atom. The van der Waals surface area contributed by atoms with Gasteiger partial charge in [0.1, 0.15) is 11.3 Å².